The summed E-state index contributed by atoms with van der Waals surface area (Å²) in [6.45, 7) is 7.60. The van der Waals surface area contributed by atoms with E-state index in [1.807, 2.05) is 23.6 Å². The zero-order chi connectivity index (χ0) is 16.1. The molecule has 0 atom stereocenters. The summed E-state index contributed by atoms with van der Waals surface area (Å²) in [5.74, 6) is -1.67. The van der Waals surface area contributed by atoms with Gasteiger partial charge in [0.05, 0.1) is 26.3 Å². The number of ether oxygens (including phenoxy) is 1. The number of rotatable bonds is 14. The number of carbonyl (C=O) groups is 2. The van der Waals surface area contributed by atoms with Crippen LogP contribution < -0.4 is 0 Å². The maximum absolute atomic E-state index is 10.7. The van der Waals surface area contributed by atoms with E-state index in [9.17, 15) is 9.59 Å². The molecule has 0 spiro atoms. The van der Waals surface area contributed by atoms with Crippen LogP contribution >= 0.6 is 0 Å². The first-order valence-electron chi connectivity index (χ1n) is 7.45. The number of carboxylic acid groups (broad SMARTS) is 2. The monoisotopic (exact) mass is 304 g/mol. The van der Waals surface area contributed by atoms with E-state index < -0.39 is 11.9 Å². The summed E-state index contributed by atoms with van der Waals surface area (Å²) in [5, 5.41) is 17.6. The van der Waals surface area contributed by atoms with Crippen LogP contribution in [0.5, 0.6) is 0 Å². The van der Waals surface area contributed by atoms with Gasteiger partial charge >= 0.3 is 11.9 Å². The van der Waals surface area contributed by atoms with Crippen molar-refractivity contribution >= 4 is 11.9 Å². The molecule has 0 aromatic carbocycles. The molecule has 0 heterocycles. The predicted molar refractivity (Wildman–Crippen MR) is 79.6 cm³/mol. The molecule has 7 nitrogen and oxygen atoms in total. The number of aliphatic carboxylic acids is 2. The molecule has 0 aliphatic heterocycles. The van der Waals surface area contributed by atoms with Gasteiger partial charge in [-0.1, -0.05) is 13.8 Å². The Hall–Kier alpha value is -1.18. The van der Waals surface area contributed by atoms with Gasteiger partial charge in [-0.25, -0.2) is 0 Å². The van der Waals surface area contributed by atoms with Crippen LogP contribution in [0.15, 0.2) is 0 Å². The number of carboxylic acids is 2. The Morgan fingerprint density at radius 3 is 1.48 bits per heavy atom. The molecule has 0 radical (unpaired) electrons. The van der Waals surface area contributed by atoms with Crippen molar-refractivity contribution in [2.75, 3.05) is 52.5 Å². The fraction of sp³-hybridized carbons (Fsp3) is 0.857. The first-order valence-corrected chi connectivity index (χ1v) is 7.45. The number of nitrogens with zero attached hydrogens (tertiary/aromatic N) is 2. The van der Waals surface area contributed by atoms with Crippen LogP contribution in [0.2, 0.25) is 0 Å². The third kappa shape index (κ3) is 12.3. The summed E-state index contributed by atoms with van der Waals surface area (Å²) in [6.07, 6.45) is 1.80. The molecule has 0 aliphatic carbocycles. The predicted octanol–water partition coefficient (Wildman–Crippen LogP) is 0.596. The molecule has 0 aromatic heterocycles. The lowest BCUT2D eigenvalue weighted by Gasteiger charge is -2.21. The first-order chi connectivity index (χ1) is 9.99. The Bertz CT molecular complexity index is 271. The average molecular weight is 304 g/mol. The molecular formula is C14H28N2O5. The summed E-state index contributed by atoms with van der Waals surface area (Å²) < 4.78 is 5.48. The van der Waals surface area contributed by atoms with E-state index in [1.54, 1.807) is 0 Å². The summed E-state index contributed by atoms with van der Waals surface area (Å²) in [5.41, 5.74) is 0. The molecule has 0 saturated heterocycles. The molecule has 21 heavy (non-hydrogen) atoms. The number of hydrogen-bond donors (Lipinski definition) is 2. The average Bonchev–Trinajstić information content (AvgIpc) is 2.37. The molecule has 0 bridgehead atoms. The lowest BCUT2D eigenvalue weighted by Crippen LogP contribution is -2.35. The van der Waals surface area contributed by atoms with Gasteiger partial charge in [0, 0.05) is 13.1 Å². The van der Waals surface area contributed by atoms with Gasteiger partial charge in [-0.15, -0.1) is 0 Å². The molecule has 7 heteroatoms. The Morgan fingerprint density at radius 2 is 1.19 bits per heavy atom. The minimum atomic E-state index is -0.834. The van der Waals surface area contributed by atoms with E-state index in [4.69, 9.17) is 14.9 Å². The van der Waals surface area contributed by atoms with Crippen molar-refractivity contribution in [2.45, 2.75) is 26.7 Å². The van der Waals surface area contributed by atoms with Gasteiger partial charge in [-0.2, -0.15) is 0 Å². The molecular weight excluding hydrogens is 276 g/mol. The fourth-order valence-corrected chi connectivity index (χ4v) is 2.04. The van der Waals surface area contributed by atoms with Crippen molar-refractivity contribution in [1.29, 1.82) is 0 Å². The first kappa shape index (κ1) is 19.8. The Kier molecular flexibility index (Phi) is 11.8. The van der Waals surface area contributed by atoms with Crippen molar-refractivity contribution in [3.63, 3.8) is 0 Å². The van der Waals surface area contributed by atoms with Crippen molar-refractivity contribution in [1.82, 2.24) is 9.80 Å². The summed E-state index contributed by atoms with van der Waals surface area (Å²) in [6, 6.07) is 0. The van der Waals surface area contributed by atoms with Crippen LogP contribution in [-0.4, -0.2) is 84.4 Å². The normalized spacial score (nSPS) is 11.2. The van der Waals surface area contributed by atoms with Gasteiger partial charge < -0.3 is 14.9 Å². The highest BCUT2D eigenvalue weighted by Gasteiger charge is 2.10. The van der Waals surface area contributed by atoms with Crippen LogP contribution in [0, 0.1) is 0 Å². The number of hydrogen-bond acceptors (Lipinski definition) is 5. The van der Waals surface area contributed by atoms with Gasteiger partial charge in [0.1, 0.15) is 0 Å². The minimum Gasteiger partial charge on any atom is -0.480 e. The van der Waals surface area contributed by atoms with Crippen molar-refractivity contribution in [2.24, 2.45) is 0 Å². The van der Waals surface area contributed by atoms with Crippen molar-refractivity contribution in [3.05, 3.63) is 0 Å². The van der Waals surface area contributed by atoms with E-state index in [-0.39, 0.29) is 13.1 Å². The molecule has 0 fully saturated rings. The van der Waals surface area contributed by atoms with E-state index in [0.29, 0.717) is 26.3 Å². The second-order valence-electron chi connectivity index (χ2n) is 4.95. The van der Waals surface area contributed by atoms with E-state index in [1.165, 1.54) is 0 Å². The molecule has 0 aromatic rings. The second kappa shape index (κ2) is 12.6. The van der Waals surface area contributed by atoms with Crippen LogP contribution in [-0.2, 0) is 14.3 Å². The second-order valence-corrected chi connectivity index (χ2v) is 4.95. The largest absolute Gasteiger partial charge is 0.480 e. The molecule has 0 amide bonds. The minimum absolute atomic E-state index is 0.0260. The molecule has 0 saturated carbocycles. The fourth-order valence-electron chi connectivity index (χ4n) is 2.04. The van der Waals surface area contributed by atoms with Crippen molar-refractivity contribution < 1.29 is 24.5 Å². The van der Waals surface area contributed by atoms with Gasteiger partial charge in [0.25, 0.3) is 0 Å². The lowest BCUT2D eigenvalue weighted by atomic mass is 10.4. The van der Waals surface area contributed by atoms with Crippen LogP contribution in [0.3, 0.4) is 0 Å². The summed E-state index contributed by atoms with van der Waals surface area (Å²) >= 11 is 0. The zero-order valence-corrected chi connectivity index (χ0v) is 13.1. The Labute approximate surface area is 126 Å². The Balaban J connectivity index is 3.84. The highest BCUT2D eigenvalue weighted by Crippen LogP contribution is 1.94. The standard InChI is InChI=1S/C14H28N2O5/c1-3-5-15(11-13(17)18)7-9-21-10-8-16(6-4-2)12-14(19)20/h3-12H2,1-2H3,(H,17,18)(H,19,20). The summed E-state index contributed by atoms with van der Waals surface area (Å²) in [7, 11) is 0. The molecule has 0 unspecified atom stereocenters. The van der Waals surface area contributed by atoms with Gasteiger partial charge in [-0.3, -0.25) is 19.4 Å². The maximum Gasteiger partial charge on any atom is 0.317 e. The third-order valence-corrected chi connectivity index (χ3v) is 2.90. The molecule has 0 rings (SSSR count). The van der Waals surface area contributed by atoms with Gasteiger partial charge in [-0.05, 0) is 25.9 Å². The highest BCUT2D eigenvalue weighted by molar-refractivity contribution is 5.69. The van der Waals surface area contributed by atoms with Crippen LogP contribution in [0.4, 0.5) is 0 Å². The van der Waals surface area contributed by atoms with Gasteiger partial charge in [0.2, 0.25) is 0 Å². The van der Waals surface area contributed by atoms with E-state index >= 15 is 0 Å². The SMILES string of the molecule is CCCN(CCOCCN(CCC)CC(=O)O)CC(=O)O. The van der Waals surface area contributed by atoms with E-state index in [2.05, 4.69) is 0 Å². The third-order valence-electron chi connectivity index (χ3n) is 2.90. The van der Waals surface area contributed by atoms with E-state index in [0.717, 1.165) is 25.9 Å². The molecule has 2 N–H and O–H groups in total. The highest BCUT2D eigenvalue weighted by atomic mass is 16.5. The molecule has 124 valence electrons. The smallest absolute Gasteiger partial charge is 0.317 e. The quantitative estimate of drug-likeness (QED) is 0.454. The van der Waals surface area contributed by atoms with Crippen LogP contribution in [0.25, 0.3) is 0 Å². The molecule has 0 aliphatic rings. The van der Waals surface area contributed by atoms with Gasteiger partial charge in [0.15, 0.2) is 0 Å². The lowest BCUT2D eigenvalue weighted by molar-refractivity contribution is -0.139. The van der Waals surface area contributed by atoms with Crippen molar-refractivity contribution in [3.8, 4) is 0 Å². The van der Waals surface area contributed by atoms with Crippen LogP contribution in [0.1, 0.15) is 26.7 Å². The summed E-state index contributed by atoms with van der Waals surface area (Å²) in [4.78, 5) is 25.1. The maximum atomic E-state index is 10.7. The zero-order valence-electron chi connectivity index (χ0n) is 13.1. The Morgan fingerprint density at radius 1 is 0.810 bits per heavy atom. The topological polar surface area (TPSA) is 90.3 Å².